The second-order valence-electron chi connectivity index (χ2n) is 8.23. The van der Waals surface area contributed by atoms with Crippen molar-refractivity contribution in [3.05, 3.63) is 63.4 Å². The van der Waals surface area contributed by atoms with Gasteiger partial charge in [-0.25, -0.2) is 9.13 Å². The fourth-order valence-electron chi connectivity index (χ4n) is 3.90. The van der Waals surface area contributed by atoms with Gasteiger partial charge in [-0.3, -0.25) is 4.79 Å². The zero-order valence-corrected chi connectivity index (χ0v) is 20.9. The number of unbranched alkanes of at least 4 members (excludes halogenated alkanes) is 2. The Labute approximate surface area is 212 Å². The summed E-state index contributed by atoms with van der Waals surface area (Å²) < 4.78 is 43.3. The maximum Gasteiger partial charge on any atom is 0.416 e. The summed E-state index contributed by atoms with van der Waals surface area (Å²) >= 11 is 12.5. The number of hydrogen-bond acceptors (Lipinski definition) is 2. The number of alkyl halides is 3. The average Bonchev–Trinajstić information content (AvgIpc) is 3.06. The van der Waals surface area contributed by atoms with Crippen LogP contribution in [0.1, 0.15) is 42.6 Å². The van der Waals surface area contributed by atoms with Crippen LogP contribution in [0.15, 0.2) is 36.4 Å². The highest BCUT2D eigenvalue weighted by atomic mass is 35.5. The van der Waals surface area contributed by atoms with Crippen LogP contribution in [0.5, 0.6) is 0 Å². The van der Waals surface area contributed by atoms with Crippen LogP contribution in [-0.2, 0) is 24.6 Å². The molecule has 3 rings (SSSR count). The molecule has 0 fully saturated rings. The molecule has 3 N–H and O–H groups in total. The summed E-state index contributed by atoms with van der Waals surface area (Å²) in [6.45, 7) is 1.52. The minimum absolute atomic E-state index is 0.0144. The van der Waals surface area contributed by atoms with Crippen molar-refractivity contribution < 1.29 is 22.5 Å². The quantitative estimate of drug-likeness (QED) is 0.266. The predicted molar refractivity (Wildman–Crippen MR) is 134 cm³/mol. The van der Waals surface area contributed by atoms with Gasteiger partial charge in [-0.2, -0.15) is 13.2 Å². The van der Waals surface area contributed by atoms with Crippen molar-refractivity contribution in [3.8, 4) is 0 Å². The number of carbonyl (C=O) groups is 1. The molecule has 0 aliphatic carbocycles. The van der Waals surface area contributed by atoms with Gasteiger partial charge in [-0.15, -0.1) is 0 Å². The van der Waals surface area contributed by atoms with E-state index < -0.39 is 11.7 Å². The van der Waals surface area contributed by atoms with E-state index in [4.69, 9.17) is 28.9 Å². The highest BCUT2D eigenvalue weighted by molar-refractivity contribution is 6.42. The van der Waals surface area contributed by atoms with Crippen LogP contribution in [0.4, 0.5) is 13.2 Å². The van der Waals surface area contributed by atoms with Crippen LogP contribution in [0.25, 0.3) is 23.2 Å². The summed E-state index contributed by atoms with van der Waals surface area (Å²) in [6.07, 6.45) is 1.85. The lowest BCUT2D eigenvalue weighted by Crippen LogP contribution is -2.31. The molecule has 0 spiro atoms. The molecule has 1 amide bonds. The molecule has 0 unspecified atom stereocenters. The molecule has 0 saturated heterocycles. The molecule has 2 aromatic carbocycles. The number of nitrogens with two attached hydrogens (primary N) is 1. The Morgan fingerprint density at radius 1 is 1.11 bits per heavy atom. The number of rotatable bonds is 10. The number of imidazole rings is 1. The summed E-state index contributed by atoms with van der Waals surface area (Å²) in [6, 6.07) is 8.76. The average molecular weight is 528 g/mol. The zero-order chi connectivity index (χ0) is 25.6. The highest BCUT2D eigenvalue weighted by Gasteiger charge is 2.30. The molecule has 10 heteroatoms. The van der Waals surface area contributed by atoms with Crippen molar-refractivity contribution in [1.29, 1.82) is 0 Å². The molecule has 5 nitrogen and oxygen atoms in total. The van der Waals surface area contributed by atoms with E-state index in [-0.39, 0.29) is 5.91 Å². The number of aryl methyl sites for hydroxylation is 2. The van der Waals surface area contributed by atoms with Crippen LogP contribution in [0, 0.1) is 0 Å². The lowest BCUT2D eigenvalue weighted by atomic mass is 10.1. The Kier molecular flexibility index (Phi) is 9.21. The van der Waals surface area contributed by atoms with Crippen LogP contribution in [0.3, 0.4) is 0 Å². The molecule has 1 heterocycles. The first kappa shape index (κ1) is 27.0. The van der Waals surface area contributed by atoms with E-state index in [1.165, 1.54) is 6.07 Å². The maximum absolute atomic E-state index is 13.1. The third-order valence-electron chi connectivity index (χ3n) is 5.68. The van der Waals surface area contributed by atoms with Gasteiger partial charge in [-0.05, 0) is 43.0 Å². The standard InChI is InChI=1S/C25H27Cl2F3N4O/c1-33-21-15-19(26)20(27)16-22(21)34(13-4-2-3-8-23(35)32-12-11-31)24(33)10-9-17-6-5-7-18(14-17)25(28,29)30/h5-7,9-10,14-16H,2-4,8,11-13,31H2,1H3/p+1/b10-9+. The zero-order valence-electron chi connectivity index (χ0n) is 19.3. The van der Waals surface area contributed by atoms with Crippen molar-refractivity contribution in [2.24, 2.45) is 12.8 Å². The molecule has 188 valence electrons. The topological polar surface area (TPSA) is 63.9 Å². The second-order valence-corrected chi connectivity index (χ2v) is 9.04. The first-order chi connectivity index (χ1) is 16.6. The second kappa shape index (κ2) is 11.9. The molecule has 0 saturated carbocycles. The SMILES string of the molecule is C[n+]1c(/C=C/c2cccc(C(F)(F)F)c2)n(CCCCCC(=O)NCCN)c2cc(Cl)c(Cl)cc21. The number of hydrogen-bond donors (Lipinski definition) is 2. The van der Waals surface area contributed by atoms with Gasteiger partial charge in [0.1, 0.15) is 0 Å². The molecular formula is C25H28Cl2F3N4O+. The fourth-order valence-corrected chi connectivity index (χ4v) is 4.21. The number of aromatic nitrogens is 2. The maximum atomic E-state index is 13.1. The number of nitrogens with zero attached hydrogens (tertiary/aromatic N) is 2. The van der Waals surface area contributed by atoms with E-state index >= 15 is 0 Å². The highest BCUT2D eigenvalue weighted by Crippen LogP contribution is 2.31. The van der Waals surface area contributed by atoms with Crippen LogP contribution >= 0.6 is 23.2 Å². The van der Waals surface area contributed by atoms with Gasteiger partial charge in [0.15, 0.2) is 11.0 Å². The first-order valence-corrected chi connectivity index (χ1v) is 12.1. The van der Waals surface area contributed by atoms with E-state index in [1.807, 2.05) is 11.6 Å². The molecule has 0 aliphatic rings. The van der Waals surface area contributed by atoms with Crippen molar-refractivity contribution >= 4 is 52.3 Å². The number of amides is 1. The third kappa shape index (κ3) is 6.99. The van der Waals surface area contributed by atoms with Crippen LogP contribution in [0.2, 0.25) is 10.0 Å². The fraction of sp³-hybridized carbons (Fsp3) is 0.360. The number of carbonyl (C=O) groups excluding carboxylic acids is 1. The van der Waals surface area contributed by atoms with Crippen LogP contribution in [-0.4, -0.2) is 23.6 Å². The van der Waals surface area contributed by atoms with Gasteiger partial charge in [0.25, 0.3) is 5.82 Å². The van der Waals surface area contributed by atoms with Crippen molar-refractivity contribution in [1.82, 2.24) is 9.88 Å². The Morgan fingerprint density at radius 2 is 1.86 bits per heavy atom. The smallest absolute Gasteiger partial charge is 0.355 e. The van der Waals surface area contributed by atoms with Crippen molar-refractivity contribution in [2.75, 3.05) is 13.1 Å². The van der Waals surface area contributed by atoms with Gasteiger partial charge in [0, 0.05) is 37.7 Å². The van der Waals surface area contributed by atoms with E-state index in [0.717, 1.165) is 48.3 Å². The number of halogens is 5. The van der Waals surface area contributed by atoms with E-state index in [1.54, 1.807) is 30.4 Å². The number of fused-ring (bicyclic) bond motifs is 1. The molecule has 0 aliphatic heterocycles. The van der Waals surface area contributed by atoms with E-state index in [0.29, 0.717) is 41.7 Å². The predicted octanol–water partition coefficient (Wildman–Crippen LogP) is 5.60. The molecule has 0 atom stereocenters. The first-order valence-electron chi connectivity index (χ1n) is 11.3. The van der Waals surface area contributed by atoms with Gasteiger partial charge < -0.3 is 11.1 Å². The molecule has 1 aromatic heterocycles. The van der Waals surface area contributed by atoms with E-state index in [2.05, 4.69) is 9.88 Å². The molecule has 35 heavy (non-hydrogen) atoms. The minimum atomic E-state index is -4.40. The summed E-state index contributed by atoms with van der Waals surface area (Å²) in [5.41, 5.74) is 6.86. The third-order valence-corrected chi connectivity index (χ3v) is 6.40. The summed E-state index contributed by atoms with van der Waals surface area (Å²) in [4.78, 5) is 11.8. The summed E-state index contributed by atoms with van der Waals surface area (Å²) in [5.74, 6) is 0.774. The summed E-state index contributed by atoms with van der Waals surface area (Å²) in [5, 5.41) is 3.60. The van der Waals surface area contributed by atoms with Gasteiger partial charge in [0.05, 0.1) is 29.2 Å². The largest absolute Gasteiger partial charge is 0.416 e. The number of benzene rings is 2. The van der Waals surface area contributed by atoms with Crippen molar-refractivity contribution in [2.45, 2.75) is 38.4 Å². The Balaban J connectivity index is 1.84. The Bertz CT molecular complexity index is 1220. The number of nitrogens with one attached hydrogen (secondary N) is 1. The Hall–Kier alpha value is -2.55. The minimum Gasteiger partial charge on any atom is -0.355 e. The van der Waals surface area contributed by atoms with Gasteiger partial charge >= 0.3 is 6.18 Å². The van der Waals surface area contributed by atoms with Gasteiger partial charge in [-0.1, -0.05) is 35.3 Å². The Morgan fingerprint density at radius 3 is 2.57 bits per heavy atom. The van der Waals surface area contributed by atoms with Crippen LogP contribution < -0.4 is 15.6 Å². The molecule has 0 radical (unpaired) electrons. The van der Waals surface area contributed by atoms with E-state index in [9.17, 15) is 18.0 Å². The molecule has 3 aromatic rings. The normalized spacial score (nSPS) is 12.1. The lowest BCUT2D eigenvalue weighted by molar-refractivity contribution is -0.647. The molecular weight excluding hydrogens is 500 g/mol. The monoisotopic (exact) mass is 527 g/mol. The summed E-state index contributed by atoms with van der Waals surface area (Å²) in [7, 11) is 1.87. The lowest BCUT2D eigenvalue weighted by Gasteiger charge is -2.06. The molecule has 0 bridgehead atoms. The van der Waals surface area contributed by atoms with Gasteiger partial charge in [0.2, 0.25) is 5.91 Å². The van der Waals surface area contributed by atoms with Crippen molar-refractivity contribution in [3.63, 3.8) is 0 Å².